The summed E-state index contributed by atoms with van der Waals surface area (Å²) in [5.74, 6) is 0.0403. The van der Waals surface area contributed by atoms with E-state index in [9.17, 15) is 14.7 Å². The maximum absolute atomic E-state index is 12.6. The van der Waals surface area contributed by atoms with E-state index in [1.807, 2.05) is 0 Å². The van der Waals surface area contributed by atoms with E-state index < -0.39 is 5.97 Å². The van der Waals surface area contributed by atoms with Gasteiger partial charge in [-0.1, -0.05) is 64.8 Å². The highest BCUT2D eigenvalue weighted by Crippen LogP contribution is 2.70. The summed E-state index contributed by atoms with van der Waals surface area (Å²) in [6, 6.07) is 0. The number of aliphatic hydroxyl groups is 1. The fourth-order valence-corrected chi connectivity index (χ4v) is 8.62. The van der Waals surface area contributed by atoms with Crippen molar-refractivity contribution in [3.05, 3.63) is 34.9 Å². The highest BCUT2D eigenvalue weighted by Gasteiger charge is 2.61. The molecule has 0 radical (unpaired) electrons. The van der Waals surface area contributed by atoms with Gasteiger partial charge in [0.2, 0.25) is 0 Å². The highest BCUT2D eigenvalue weighted by atomic mass is 16.4. The molecule has 2 fully saturated rings. The normalized spacial score (nSPS) is 42.0. The first-order valence-corrected chi connectivity index (χ1v) is 13.2. The van der Waals surface area contributed by atoms with E-state index in [2.05, 4.69) is 53.7 Å². The van der Waals surface area contributed by atoms with Crippen LogP contribution in [0.1, 0.15) is 93.4 Å². The molecule has 0 heterocycles. The zero-order chi connectivity index (χ0) is 25.3. The van der Waals surface area contributed by atoms with E-state index in [-0.39, 0.29) is 45.0 Å². The minimum atomic E-state index is -1.03. The number of carbonyl (C=O) groups is 2. The molecule has 0 aliphatic heterocycles. The predicted octanol–water partition coefficient (Wildman–Crippen LogP) is 6.50. The Morgan fingerprint density at radius 1 is 1.09 bits per heavy atom. The quantitative estimate of drug-likeness (QED) is 0.357. The first-order valence-electron chi connectivity index (χ1n) is 13.2. The molecule has 4 rings (SSSR count). The van der Waals surface area contributed by atoms with Crippen molar-refractivity contribution in [2.24, 2.45) is 39.4 Å². The number of aliphatic hydroxyl groups excluding tert-OH is 1. The molecule has 0 spiro atoms. The molecule has 2 saturated carbocycles. The lowest BCUT2D eigenvalue weighted by molar-refractivity contribution is -0.133. The van der Waals surface area contributed by atoms with Crippen LogP contribution >= 0.6 is 0 Å². The Labute approximate surface area is 205 Å². The molecule has 0 saturated heterocycles. The smallest absolute Gasteiger partial charge is 0.331 e. The van der Waals surface area contributed by atoms with E-state index >= 15 is 0 Å². The Bertz CT molecular complexity index is 984. The van der Waals surface area contributed by atoms with Crippen molar-refractivity contribution in [3.8, 4) is 0 Å². The molecule has 34 heavy (non-hydrogen) atoms. The van der Waals surface area contributed by atoms with Crippen LogP contribution in [0.25, 0.3) is 0 Å². The van der Waals surface area contributed by atoms with Crippen molar-refractivity contribution in [2.45, 2.75) is 99.5 Å². The van der Waals surface area contributed by atoms with Gasteiger partial charge in [0.1, 0.15) is 0 Å². The first kappa shape index (κ1) is 25.4. The Balaban J connectivity index is 1.63. The van der Waals surface area contributed by atoms with Gasteiger partial charge in [-0.05, 0) is 85.5 Å². The molecule has 188 valence electrons. The van der Waals surface area contributed by atoms with Crippen LogP contribution in [0.4, 0.5) is 0 Å². The molecule has 4 heteroatoms. The van der Waals surface area contributed by atoms with Crippen LogP contribution in [0.2, 0.25) is 0 Å². The Kier molecular flexibility index (Phi) is 6.12. The molecule has 0 amide bonds. The summed E-state index contributed by atoms with van der Waals surface area (Å²) in [6.45, 7) is 15.4. The zero-order valence-electron chi connectivity index (χ0n) is 22.2. The largest absolute Gasteiger partial charge is 0.478 e. The lowest BCUT2D eigenvalue weighted by Gasteiger charge is -2.61. The monoisotopic (exact) mass is 468 g/mol. The van der Waals surface area contributed by atoms with Gasteiger partial charge < -0.3 is 10.2 Å². The van der Waals surface area contributed by atoms with Gasteiger partial charge in [-0.15, -0.1) is 0 Å². The number of carboxylic acid groups (broad SMARTS) is 1. The second-order valence-corrected chi connectivity index (χ2v) is 13.2. The van der Waals surface area contributed by atoms with Crippen molar-refractivity contribution in [2.75, 3.05) is 0 Å². The highest BCUT2D eigenvalue weighted by molar-refractivity contribution is 5.98. The van der Waals surface area contributed by atoms with E-state index in [1.165, 1.54) is 18.6 Å². The number of rotatable bonds is 5. The molecule has 0 bridgehead atoms. The number of carboxylic acids is 1. The van der Waals surface area contributed by atoms with Crippen LogP contribution in [-0.2, 0) is 9.59 Å². The molecule has 2 N–H and O–H groups in total. The summed E-state index contributed by atoms with van der Waals surface area (Å²) in [5.41, 5.74) is 3.34. The molecule has 0 aromatic heterocycles. The van der Waals surface area contributed by atoms with Gasteiger partial charge in [0, 0.05) is 17.4 Å². The SMILES string of the molecule is CC(=CC(=O)C[C@@H](C)[C@]1(C)CC[C@@]2(C)C3=CC[C@H]4C(C)(C)[C@H](O)CC[C@]4(C)[C@@H]3CC=C21)C(=O)O. The zero-order valence-corrected chi connectivity index (χ0v) is 22.2. The number of carbonyl (C=O) groups excluding carboxylic acids is 1. The molecule has 0 aromatic carbocycles. The summed E-state index contributed by atoms with van der Waals surface area (Å²) >= 11 is 0. The fourth-order valence-electron chi connectivity index (χ4n) is 8.62. The number of ketones is 1. The van der Waals surface area contributed by atoms with E-state index in [0.717, 1.165) is 38.5 Å². The third kappa shape index (κ3) is 3.58. The van der Waals surface area contributed by atoms with Gasteiger partial charge in [-0.25, -0.2) is 4.79 Å². The number of fused-ring (bicyclic) bond motifs is 5. The Morgan fingerprint density at radius 2 is 1.76 bits per heavy atom. The van der Waals surface area contributed by atoms with Crippen LogP contribution in [0.15, 0.2) is 34.9 Å². The standard InChI is InChI=1S/C30H44O4/c1-18(26(33)34)16-20(31)17-19(2)28(5)14-15-30(7)22-8-10-23-27(3,4)25(32)12-13-29(23,6)21(22)9-11-24(28)30/h8,11,16,19,21,23,25,32H,9-10,12-15,17H2,1-7H3,(H,33,34)/t19-,21-,23+,25-,28+,29-,30+/m1/s1. The van der Waals surface area contributed by atoms with Crippen LogP contribution in [-0.4, -0.2) is 28.1 Å². The van der Waals surface area contributed by atoms with Gasteiger partial charge in [0.05, 0.1) is 6.10 Å². The lowest BCUT2D eigenvalue weighted by Crippen LogP contribution is -2.55. The van der Waals surface area contributed by atoms with Crippen LogP contribution in [0.3, 0.4) is 0 Å². The Morgan fingerprint density at radius 3 is 2.41 bits per heavy atom. The average Bonchev–Trinajstić information content (AvgIpc) is 3.03. The van der Waals surface area contributed by atoms with Gasteiger partial charge in [0.25, 0.3) is 0 Å². The van der Waals surface area contributed by atoms with Gasteiger partial charge in [-0.2, -0.15) is 0 Å². The number of allylic oxidation sites excluding steroid dienone is 5. The van der Waals surface area contributed by atoms with Crippen LogP contribution in [0, 0.1) is 39.4 Å². The fraction of sp³-hybridized carbons (Fsp3) is 0.733. The Hall–Kier alpha value is -1.68. The maximum atomic E-state index is 12.6. The van der Waals surface area contributed by atoms with E-state index in [4.69, 9.17) is 5.11 Å². The molecule has 4 aliphatic rings. The second-order valence-electron chi connectivity index (χ2n) is 13.2. The molecule has 4 nitrogen and oxygen atoms in total. The third-order valence-corrected chi connectivity index (χ3v) is 11.1. The second kappa shape index (κ2) is 8.18. The van der Waals surface area contributed by atoms with Crippen molar-refractivity contribution in [3.63, 3.8) is 0 Å². The summed E-state index contributed by atoms with van der Waals surface area (Å²) in [4.78, 5) is 23.8. The predicted molar refractivity (Wildman–Crippen MR) is 135 cm³/mol. The van der Waals surface area contributed by atoms with Gasteiger partial charge in [-0.3, -0.25) is 4.79 Å². The van der Waals surface area contributed by atoms with Crippen molar-refractivity contribution in [1.29, 1.82) is 0 Å². The van der Waals surface area contributed by atoms with Crippen molar-refractivity contribution < 1.29 is 19.8 Å². The van der Waals surface area contributed by atoms with E-state index in [1.54, 1.807) is 5.57 Å². The molecule has 4 aliphatic carbocycles. The van der Waals surface area contributed by atoms with E-state index in [0.29, 0.717) is 18.3 Å². The molecule has 7 atom stereocenters. The van der Waals surface area contributed by atoms with Gasteiger partial charge >= 0.3 is 5.97 Å². The van der Waals surface area contributed by atoms with Gasteiger partial charge in [0.15, 0.2) is 5.78 Å². The minimum Gasteiger partial charge on any atom is -0.478 e. The van der Waals surface area contributed by atoms with Crippen LogP contribution in [0.5, 0.6) is 0 Å². The molecule has 0 unspecified atom stereocenters. The summed E-state index contributed by atoms with van der Waals surface area (Å²) in [7, 11) is 0. The number of hydrogen-bond donors (Lipinski definition) is 2. The maximum Gasteiger partial charge on any atom is 0.331 e. The first-order chi connectivity index (χ1) is 15.7. The summed E-state index contributed by atoms with van der Waals surface area (Å²) in [5, 5.41) is 19.9. The van der Waals surface area contributed by atoms with Crippen molar-refractivity contribution in [1.82, 2.24) is 0 Å². The topological polar surface area (TPSA) is 74.6 Å². The van der Waals surface area contributed by atoms with Crippen LogP contribution < -0.4 is 0 Å². The molecule has 0 aromatic rings. The lowest BCUT2D eigenvalue weighted by atomic mass is 9.44. The number of hydrogen-bond acceptors (Lipinski definition) is 3. The summed E-state index contributed by atoms with van der Waals surface area (Å²) < 4.78 is 0. The van der Waals surface area contributed by atoms with Crippen molar-refractivity contribution >= 4 is 11.8 Å². The molecular formula is C30H44O4. The minimum absolute atomic E-state index is 0.0377. The number of aliphatic carboxylic acids is 1. The third-order valence-electron chi connectivity index (χ3n) is 11.1. The summed E-state index contributed by atoms with van der Waals surface area (Å²) in [6.07, 6.45) is 12.7. The molecular weight excluding hydrogens is 424 g/mol. The average molecular weight is 469 g/mol.